The van der Waals surface area contributed by atoms with Gasteiger partial charge in [-0.05, 0) is 18.2 Å². The van der Waals surface area contributed by atoms with Gasteiger partial charge >= 0.3 is 59.1 Å². The van der Waals surface area contributed by atoms with Crippen molar-refractivity contribution in [1.82, 2.24) is 0 Å². The molecule has 0 aromatic heterocycles. The normalized spacial score (nSPS) is 8.29. The van der Waals surface area contributed by atoms with Crippen molar-refractivity contribution < 1.29 is 73.8 Å². The average molecular weight is 251 g/mol. The molecular formula is C6H3BCl2Na2O3. The Labute approximate surface area is 136 Å². The summed E-state index contributed by atoms with van der Waals surface area (Å²) in [4.78, 5) is 0. The molecule has 14 heavy (non-hydrogen) atoms. The van der Waals surface area contributed by atoms with Crippen LogP contribution in [0.1, 0.15) is 0 Å². The minimum Gasteiger partial charge on any atom is -0.860 e. The van der Waals surface area contributed by atoms with Crippen molar-refractivity contribution >= 4 is 30.5 Å². The predicted octanol–water partition coefficient (Wildman–Crippen LogP) is -5.91. The summed E-state index contributed by atoms with van der Waals surface area (Å²) in [6.45, 7) is 0. The molecule has 64 valence electrons. The molecule has 8 heteroatoms. The van der Waals surface area contributed by atoms with Gasteiger partial charge in [0, 0.05) is 0 Å². The molecule has 0 unspecified atom stereocenters. The van der Waals surface area contributed by atoms with Gasteiger partial charge in [0.25, 0.3) is 0 Å². The Bertz CT molecular complexity index is 288. The van der Waals surface area contributed by atoms with Gasteiger partial charge in [-0.15, -0.1) is 0 Å². The van der Waals surface area contributed by atoms with Gasteiger partial charge in [-0.3, -0.25) is 0 Å². The first-order valence-corrected chi connectivity index (χ1v) is 3.78. The molecule has 3 nitrogen and oxygen atoms in total. The van der Waals surface area contributed by atoms with Crippen molar-refractivity contribution in [3.8, 4) is 5.75 Å². The Balaban J connectivity index is 0. The number of halogens is 2. The molecule has 0 fully saturated rings. The Morgan fingerprint density at radius 1 is 1.07 bits per heavy atom. The molecule has 0 amide bonds. The summed E-state index contributed by atoms with van der Waals surface area (Å²) in [7, 11) is -2.35. The van der Waals surface area contributed by atoms with Crippen LogP contribution in [0.2, 0.25) is 10.0 Å². The molecular weight excluding hydrogens is 248 g/mol. The Hall–Kier alpha value is 1.58. The van der Waals surface area contributed by atoms with E-state index in [9.17, 15) is 10.0 Å². The average Bonchev–Trinajstić information content (AvgIpc) is 1.96. The molecule has 0 spiro atoms. The first-order chi connectivity index (χ1) is 5.59. The van der Waals surface area contributed by atoms with Crippen molar-refractivity contribution in [3.63, 3.8) is 0 Å². The maximum absolute atomic E-state index is 10.0. The van der Waals surface area contributed by atoms with Crippen LogP contribution in [-0.2, 0) is 0 Å². The van der Waals surface area contributed by atoms with E-state index in [0.29, 0.717) is 5.02 Å². The van der Waals surface area contributed by atoms with Crippen LogP contribution in [0.25, 0.3) is 0 Å². The van der Waals surface area contributed by atoms with Gasteiger partial charge in [0.2, 0.25) is 0 Å². The molecule has 0 bridgehead atoms. The third-order valence-electron chi connectivity index (χ3n) is 1.12. The van der Waals surface area contributed by atoms with Gasteiger partial charge in [-0.25, -0.2) is 0 Å². The minimum absolute atomic E-state index is 0. The van der Waals surface area contributed by atoms with Crippen molar-refractivity contribution in [2.45, 2.75) is 0 Å². The maximum atomic E-state index is 10.0. The summed E-state index contributed by atoms with van der Waals surface area (Å²) in [5.41, 5.74) is 0. The zero-order valence-corrected chi connectivity index (χ0v) is 13.3. The smallest absolute Gasteiger partial charge is 0.860 e. The van der Waals surface area contributed by atoms with E-state index in [1.165, 1.54) is 18.2 Å². The fourth-order valence-corrected chi connectivity index (χ4v) is 0.949. The van der Waals surface area contributed by atoms with Crippen LogP contribution in [0.3, 0.4) is 0 Å². The summed E-state index contributed by atoms with van der Waals surface area (Å²) >= 11 is 11.2. The van der Waals surface area contributed by atoms with E-state index in [0.717, 1.165) is 0 Å². The topological polar surface area (TPSA) is 55.3 Å². The van der Waals surface area contributed by atoms with Gasteiger partial charge < -0.3 is 14.7 Å². The summed E-state index contributed by atoms with van der Waals surface area (Å²) in [5.74, 6) is 0.124. The van der Waals surface area contributed by atoms with Crippen LogP contribution >= 0.6 is 23.2 Å². The number of hydrogen-bond acceptors (Lipinski definition) is 3. The molecule has 0 atom stereocenters. The summed E-state index contributed by atoms with van der Waals surface area (Å²) in [6.07, 6.45) is 0. The molecule has 0 aliphatic rings. The van der Waals surface area contributed by atoms with Gasteiger partial charge in [0.15, 0.2) is 0 Å². The first-order valence-electron chi connectivity index (χ1n) is 3.03. The van der Waals surface area contributed by atoms with Crippen LogP contribution in [0.15, 0.2) is 18.2 Å². The molecule has 0 N–H and O–H groups in total. The standard InChI is InChI=1S/C6H3BCl2O3.2Na/c8-5-2-1-4(3-6(5)9)12-7(10)11;;/h1-3H;;/q-2;2*+1. The zero-order chi connectivity index (χ0) is 9.14. The predicted molar refractivity (Wildman–Crippen MR) is 42.8 cm³/mol. The molecule has 0 aliphatic carbocycles. The fraction of sp³-hybridized carbons (Fsp3) is 0. The summed E-state index contributed by atoms with van der Waals surface area (Å²) < 4.78 is 4.30. The zero-order valence-electron chi connectivity index (χ0n) is 7.79. The molecule has 1 aromatic rings. The maximum Gasteiger partial charge on any atom is 1.00 e. The Morgan fingerprint density at radius 2 is 1.64 bits per heavy atom. The molecule has 0 saturated carbocycles. The molecule has 0 radical (unpaired) electrons. The van der Waals surface area contributed by atoms with E-state index >= 15 is 0 Å². The van der Waals surface area contributed by atoms with E-state index in [2.05, 4.69) is 4.65 Å². The van der Waals surface area contributed by atoms with Gasteiger partial charge in [0.05, 0.1) is 15.8 Å². The summed E-state index contributed by atoms with van der Waals surface area (Å²) in [6, 6.07) is 4.16. The van der Waals surface area contributed by atoms with E-state index in [1.807, 2.05) is 0 Å². The van der Waals surface area contributed by atoms with Gasteiger partial charge in [0.1, 0.15) is 7.32 Å². The number of benzene rings is 1. The minimum atomic E-state index is -2.35. The number of rotatable bonds is 2. The van der Waals surface area contributed by atoms with Crippen LogP contribution < -0.4 is 73.8 Å². The molecule has 1 aromatic carbocycles. The second-order valence-corrected chi connectivity index (χ2v) is 2.80. The van der Waals surface area contributed by atoms with E-state index in [1.54, 1.807) is 0 Å². The van der Waals surface area contributed by atoms with E-state index < -0.39 is 7.32 Å². The van der Waals surface area contributed by atoms with Crippen molar-refractivity contribution in [1.29, 1.82) is 0 Å². The molecule has 0 saturated heterocycles. The fourth-order valence-electron chi connectivity index (χ4n) is 0.661. The Morgan fingerprint density at radius 3 is 2.07 bits per heavy atom. The first kappa shape index (κ1) is 18.0. The van der Waals surface area contributed by atoms with Crippen molar-refractivity contribution in [3.05, 3.63) is 28.2 Å². The SMILES string of the molecule is [Na+].[Na+].[O-]B([O-])Oc1ccc(Cl)c(Cl)c1. The van der Waals surface area contributed by atoms with E-state index in [4.69, 9.17) is 23.2 Å². The van der Waals surface area contributed by atoms with Gasteiger partial charge in [-0.1, -0.05) is 23.2 Å². The van der Waals surface area contributed by atoms with Crippen LogP contribution in [-0.4, -0.2) is 7.32 Å². The van der Waals surface area contributed by atoms with Crippen LogP contribution in [0.4, 0.5) is 0 Å². The van der Waals surface area contributed by atoms with Gasteiger partial charge in [-0.2, -0.15) is 0 Å². The Kier molecular flexibility index (Phi) is 11.2. The second kappa shape index (κ2) is 8.70. The molecule has 0 heterocycles. The van der Waals surface area contributed by atoms with Crippen LogP contribution in [0.5, 0.6) is 5.75 Å². The van der Waals surface area contributed by atoms with E-state index in [-0.39, 0.29) is 69.9 Å². The quantitative estimate of drug-likeness (QED) is 0.492. The third-order valence-corrected chi connectivity index (χ3v) is 1.86. The molecule has 1 rings (SSSR count). The third kappa shape index (κ3) is 6.23. The van der Waals surface area contributed by atoms with Crippen molar-refractivity contribution in [2.75, 3.05) is 0 Å². The monoisotopic (exact) mass is 250 g/mol. The van der Waals surface area contributed by atoms with Crippen molar-refractivity contribution in [2.24, 2.45) is 0 Å². The van der Waals surface area contributed by atoms with Crippen LogP contribution in [0, 0.1) is 0 Å². The molecule has 0 aliphatic heterocycles. The second-order valence-electron chi connectivity index (χ2n) is 1.98. The largest absolute Gasteiger partial charge is 1.00 e. The summed E-state index contributed by atoms with van der Waals surface area (Å²) in [5, 5.41) is 20.7. The number of hydrogen-bond donors (Lipinski definition) is 0.